The van der Waals surface area contributed by atoms with E-state index in [0.717, 1.165) is 37.2 Å². The summed E-state index contributed by atoms with van der Waals surface area (Å²) in [6, 6.07) is 3.32. The minimum absolute atomic E-state index is 0.254. The lowest BCUT2D eigenvalue weighted by molar-refractivity contribution is 0.101. The number of hydrogen-bond acceptors (Lipinski definition) is 5. The molecule has 0 radical (unpaired) electrons. The van der Waals surface area contributed by atoms with Gasteiger partial charge in [0.05, 0.1) is 23.8 Å². The number of ether oxygens (including phenoxy) is 1. The van der Waals surface area contributed by atoms with Crippen molar-refractivity contribution in [3.63, 3.8) is 0 Å². The molecule has 0 bridgehead atoms. The minimum atomic E-state index is -3.17. The molecule has 1 saturated heterocycles. The van der Waals surface area contributed by atoms with Gasteiger partial charge in [0, 0.05) is 12.5 Å². The molecule has 0 amide bonds. The Bertz CT molecular complexity index is 594. The highest BCUT2D eigenvalue weighted by molar-refractivity contribution is 7.90. The number of nitrogens with one attached hydrogen (secondary N) is 1. The van der Waals surface area contributed by atoms with Crippen molar-refractivity contribution in [2.75, 3.05) is 26.0 Å². The first kappa shape index (κ1) is 15.9. The maximum Gasteiger partial charge on any atom is 0.177 e. The van der Waals surface area contributed by atoms with Crippen LogP contribution in [0.5, 0.6) is 0 Å². The van der Waals surface area contributed by atoms with Crippen LogP contribution in [0.15, 0.2) is 23.2 Å². The van der Waals surface area contributed by atoms with E-state index < -0.39 is 9.84 Å². The van der Waals surface area contributed by atoms with Crippen LogP contribution in [0, 0.1) is 17.8 Å². The fourth-order valence-corrected chi connectivity index (χ4v) is 3.90. The molecule has 0 unspecified atom stereocenters. The first-order valence-corrected chi connectivity index (χ1v) is 9.86. The zero-order valence-electron chi connectivity index (χ0n) is 13.0. The number of pyridine rings is 1. The topological polar surface area (TPSA) is 68.3 Å². The second-order valence-corrected chi connectivity index (χ2v) is 8.54. The molecule has 3 rings (SSSR count). The number of piperidine rings is 1. The number of rotatable bonds is 6. The molecule has 5 nitrogen and oxygen atoms in total. The minimum Gasteiger partial charge on any atom is -0.375 e. The number of hydrogen-bond donors (Lipinski definition) is 1. The van der Waals surface area contributed by atoms with Gasteiger partial charge in [-0.05, 0) is 62.2 Å². The van der Waals surface area contributed by atoms with Crippen LogP contribution in [0.3, 0.4) is 0 Å². The van der Waals surface area contributed by atoms with Crippen molar-refractivity contribution < 1.29 is 13.2 Å². The highest BCUT2D eigenvalue weighted by Crippen LogP contribution is 2.47. The third-order valence-electron chi connectivity index (χ3n) is 4.77. The number of sulfone groups is 1. The molecule has 1 aliphatic heterocycles. The van der Waals surface area contributed by atoms with Gasteiger partial charge < -0.3 is 10.1 Å². The summed E-state index contributed by atoms with van der Waals surface area (Å²) in [5.41, 5.74) is 0.784. The summed E-state index contributed by atoms with van der Waals surface area (Å²) in [5.74, 6) is 2.43. The lowest BCUT2D eigenvalue weighted by Crippen LogP contribution is -2.29. The van der Waals surface area contributed by atoms with E-state index >= 15 is 0 Å². The van der Waals surface area contributed by atoms with E-state index in [2.05, 4.69) is 10.3 Å². The summed E-state index contributed by atoms with van der Waals surface area (Å²) in [7, 11) is -3.17. The van der Waals surface area contributed by atoms with Gasteiger partial charge in [0.25, 0.3) is 0 Å². The van der Waals surface area contributed by atoms with Gasteiger partial charge in [-0.3, -0.25) is 4.98 Å². The average Bonchev–Trinajstić information content (AvgIpc) is 3.27. The van der Waals surface area contributed by atoms with E-state index in [0.29, 0.717) is 12.5 Å². The lowest BCUT2D eigenvalue weighted by Gasteiger charge is -2.22. The molecule has 1 saturated carbocycles. The van der Waals surface area contributed by atoms with E-state index in [9.17, 15) is 8.42 Å². The van der Waals surface area contributed by atoms with Gasteiger partial charge in [-0.2, -0.15) is 0 Å². The molecular formula is C16H24N2O3S. The smallest absolute Gasteiger partial charge is 0.177 e. The third-order valence-corrected chi connectivity index (χ3v) is 5.87. The van der Waals surface area contributed by atoms with Gasteiger partial charge in [-0.25, -0.2) is 8.42 Å². The Hall–Kier alpha value is -0.980. The molecule has 6 heteroatoms. The number of aromatic nitrogens is 1. The van der Waals surface area contributed by atoms with E-state index in [1.54, 1.807) is 12.1 Å². The van der Waals surface area contributed by atoms with Gasteiger partial charge in [-0.15, -0.1) is 0 Å². The summed E-state index contributed by atoms with van der Waals surface area (Å²) in [5, 5.41) is 3.41. The molecule has 1 N–H and O–H groups in total. The zero-order chi connectivity index (χ0) is 15.6. The van der Waals surface area contributed by atoms with Crippen molar-refractivity contribution in [2.45, 2.75) is 30.8 Å². The van der Waals surface area contributed by atoms with Crippen LogP contribution in [0.4, 0.5) is 0 Å². The highest BCUT2D eigenvalue weighted by atomic mass is 32.2. The van der Waals surface area contributed by atoms with E-state index in [-0.39, 0.29) is 4.90 Å². The maximum atomic E-state index is 11.4. The molecule has 1 aliphatic carbocycles. The molecule has 22 heavy (non-hydrogen) atoms. The lowest BCUT2D eigenvalue weighted by atomic mass is 9.92. The van der Waals surface area contributed by atoms with Crippen molar-refractivity contribution in [2.24, 2.45) is 17.8 Å². The molecule has 2 atom stereocenters. The summed E-state index contributed by atoms with van der Waals surface area (Å²) in [4.78, 5) is 4.41. The first-order valence-electron chi connectivity index (χ1n) is 7.97. The quantitative estimate of drug-likeness (QED) is 0.861. The average molecular weight is 324 g/mol. The largest absolute Gasteiger partial charge is 0.375 e. The van der Waals surface area contributed by atoms with Gasteiger partial charge in [0.15, 0.2) is 9.84 Å². The van der Waals surface area contributed by atoms with Crippen molar-refractivity contribution in [1.29, 1.82) is 0 Å². The Labute approximate surface area is 132 Å². The highest BCUT2D eigenvalue weighted by Gasteiger charge is 2.42. The van der Waals surface area contributed by atoms with Crippen LogP contribution in [0.2, 0.25) is 0 Å². The molecule has 122 valence electrons. The first-order chi connectivity index (χ1) is 10.5. The van der Waals surface area contributed by atoms with Crippen molar-refractivity contribution >= 4 is 9.84 Å². The Morgan fingerprint density at radius 3 is 2.73 bits per heavy atom. The van der Waals surface area contributed by atoms with Crippen molar-refractivity contribution in [3.05, 3.63) is 24.0 Å². The van der Waals surface area contributed by atoms with Crippen LogP contribution in [0.25, 0.3) is 0 Å². The molecule has 2 heterocycles. The standard InChI is InChI=1S/C16H24N2O3S/c1-22(19,20)15-3-2-14(18-9-15)11-21-10-13-8-16(13)12-4-6-17-7-5-12/h2-3,9,12-13,16-17H,4-8,10-11H2,1H3/t13-,16+/m0/s1. The normalized spacial score (nSPS) is 26.0. The van der Waals surface area contributed by atoms with E-state index in [1.165, 1.54) is 31.7 Å². The van der Waals surface area contributed by atoms with Crippen molar-refractivity contribution in [3.8, 4) is 0 Å². The fraction of sp³-hybridized carbons (Fsp3) is 0.688. The maximum absolute atomic E-state index is 11.4. The molecular weight excluding hydrogens is 300 g/mol. The van der Waals surface area contributed by atoms with Crippen LogP contribution in [-0.2, 0) is 21.2 Å². The third kappa shape index (κ3) is 4.06. The number of nitrogens with zero attached hydrogens (tertiary/aromatic N) is 1. The Kier molecular flexibility index (Phi) is 4.80. The molecule has 0 aromatic carbocycles. The SMILES string of the molecule is CS(=O)(=O)c1ccc(COC[C@@H]2C[C@@H]2C2CCNCC2)nc1. The Morgan fingerprint density at radius 1 is 1.32 bits per heavy atom. The summed E-state index contributed by atoms with van der Waals surface area (Å²) >= 11 is 0. The predicted octanol–water partition coefficient (Wildman–Crippen LogP) is 1.64. The summed E-state index contributed by atoms with van der Waals surface area (Å²) in [6.45, 7) is 3.57. The van der Waals surface area contributed by atoms with Crippen LogP contribution >= 0.6 is 0 Å². The van der Waals surface area contributed by atoms with Crippen LogP contribution in [-0.4, -0.2) is 39.4 Å². The Morgan fingerprint density at radius 2 is 2.09 bits per heavy atom. The van der Waals surface area contributed by atoms with Crippen LogP contribution in [0.1, 0.15) is 25.0 Å². The predicted molar refractivity (Wildman–Crippen MR) is 84.2 cm³/mol. The van der Waals surface area contributed by atoms with E-state index in [4.69, 9.17) is 4.74 Å². The Balaban J connectivity index is 1.40. The van der Waals surface area contributed by atoms with Gasteiger partial charge >= 0.3 is 0 Å². The molecule has 2 fully saturated rings. The van der Waals surface area contributed by atoms with E-state index in [1.807, 2.05) is 0 Å². The van der Waals surface area contributed by atoms with Crippen LogP contribution < -0.4 is 5.32 Å². The molecule has 1 aromatic heterocycles. The van der Waals surface area contributed by atoms with Gasteiger partial charge in [0.1, 0.15) is 0 Å². The second kappa shape index (κ2) is 6.64. The molecule has 1 aromatic rings. The fourth-order valence-electron chi connectivity index (χ4n) is 3.34. The monoisotopic (exact) mass is 324 g/mol. The van der Waals surface area contributed by atoms with Gasteiger partial charge in [0.2, 0.25) is 0 Å². The second-order valence-electron chi connectivity index (χ2n) is 6.52. The summed E-state index contributed by atoms with van der Waals surface area (Å²) < 4.78 is 28.5. The zero-order valence-corrected chi connectivity index (χ0v) is 13.8. The molecule has 2 aliphatic rings. The van der Waals surface area contributed by atoms with Gasteiger partial charge in [-0.1, -0.05) is 0 Å². The van der Waals surface area contributed by atoms with Crippen molar-refractivity contribution in [1.82, 2.24) is 10.3 Å². The summed E-state index contributed by atoms with van der Waals surface area (Å²) in [6.07, 6.45) is 6.49. The molecule has 0 spiro atoms.